The third-order valence-corrected chi connectivity index (χ3v) is 2.58. The van der Waals surface area contributed by atoms with Crippen molar-refractivity contribution in [2.45, 2.75) is 11.3 Å². The summed E-state index contributed by atoms with van der Waals surface area (Å²) in [6, 6.07) is 4.64. The lowest BCUT2D eigenvalue weighted by Crippen LogP contribution is -1.96. The summed E-state index contributed by atoms with van der Waals surface area (Å²) in [5.74, 6) is 0. The van der Waals surface area contributed by atoms with E-state index in [4.69, 9.17) is 4.55 Å². The first-order chi connectivity index (χ1) is 5.07. The molecule has 1 aliphatic carbocycles. The average molecular weight is 170 g/mol. The Morgan fingerprint density at radius 3 is 2.55 bits per heavy atom. The average Bonchev–Trinajstić information content (AvgIpc) is 2.60. The predicted octanol–water partition coefficient (Wildman–Crippen LogP) is 0.838. The zero-order valence-electron chi connectivity index (χ0n) is 5.61. The summed E-state index contributed by atoms with van der Waals surface area (Å²) in [5, 5.41) is 0. The van der Waals surface area contributed by atoms with E-state index in [1.807, 2.05) is 0 Å². The van der Waals surface area contributed by atoms with Gasteiger partial charge in [0.1, 0.15) is 0 Å². The van der Waals surface area contributed by atoms with Crippen LogP contribution in [0, 0.1) is 0 Å². The molecular formula is C7H6O3S. The lowest BCUT2D eigenvalue weighted by Gasteiger charge is -1.91. The van der Waals surface area contributed by atoms with Crippen LogP contribution in [0.3, 0.4) is 0 Å². The van der Waals surface area contributed by atoms with Crippen LogP contribution in [0.5, 0.6) is 0 Å². The van der Waals surface area contributed by atoms with Crippen LogP contribution in [0.15, 0.2) is 23.1 Å². The first-order valence-electron chi connectivity index (χ1n) is 3.17. The smallest absolute Gasteiger partial charge is 0.282 e. The molecule has 3 nitrogen and oxygen atoms in total. The van der Waals surface area contributed by atoms with Crippen LogP contribution in [0.4, 0.5) is 0 Å². The van der Waals surface area contributed by atoms with Gasteiger partial charge in [-0.25, -0.2) is 0 Å². The second-order valence-corrected chi connectivity index (χ2v) is 4.00. The molecule has 1 aromatic rings. The predicted molar refractivity (Wildman–Crippen MR) is 39.1 cm³/mol. The van der Waals surface area contributed by atoms with E-state index in [1.54, 1.807) is 6.07 Å². The molecule has 0 fully saturated rings. The summed E-state index contributed by atoms with van der Waals surface area (Å²) in [6.45, 7) is 0. The van der Waals surface area contributed by atoms with Gasteiger partial charge in [-0.2, -0.15) is 8.42 Å². The van der Waals surface area contributed by atoms with Crippen molar-refractivity contribution in [1.29, 1.82) is 0 Å². The van der Waals surface area contributed by atoms with Crippen molar-refractivity contribution in [3.63, 3.8) is 0 Å². The van der Waals surface area contributed by atoms with E-state index in [0.717, 1.165) is 17.5 Å². The molecule has 0 saturated heterocycles. The van der Waals surface area contributed by atoms with Crippen LogP contribution in [-0.4, -0.2) is 13.0 Å². The highest BCUT2D eigenvalue weighted by Crippen LogP contribution is 2.29. The van der Waals surface area contributed by atoms with E-state index in [0.29, 0.717) is 0 Å². The van der Waals surface area contributed by atoms with Gasteiger partial charge >= 0.3 is 0 Å². The summed E-state index contributed by atoms with van der Waals surface area (Å²) in [4.78, 5) is -0.00579. The molecule has 0 saturated carbocycles. The van der Waals surface area contributed by atoms with Crippen LogP contribution in [0.1, 0.15) is 11.1 Å². The molecule has 0 atom stereocenters. The highest BCUT2D eigenvalue weighted by Gasteiger charge is 2.19. The van der Waals surface area contributed by atoms with Crippen molar-refractivity contribution in [2.75, 3.05) is 0 Å². The summed E-state index contributed by atoms with van der Waals surface area (Å²) in [6.07, 6.45) is 0.857. The fraction of sp³-hybridized carbons (Fsp3) is 0.143. The van der Waals surface area contributed by atoms with Gasteiger partial charge < -0.3 is 0 Å². The minimum Gasteiger partial charge on any atom is -0.282 e. The summed E-state index contributed by atoms with van der Waals surface area (Å²) >= 11 is 0. The lowest BCUT2D eigenvalue weighted by atomic mass is 10.4. The van der Waals surface area contributed by atoms with E-state index in [-0.39, 0.29) is 4.90 Å². The number of benzene rings is 1. The van der Waals surface area contributed by atoms with E-state index in [2.05, 4.69) is 0 Å². The number of hydrogen-bond donors (Lipinski definition) is 1. The molecule has 2 rings (SSSR count). The lowest BCUT2D eigenvalue weighted by molar-refractivity contribution is 0.483. The number of rotatable bonds is 1. The van der Waals surface area contributed by atoms with Crippen molar-refractivity contribution in [3.05, 3.63) is 29.3 Å². The maximum absolute atomic E-state index is 10.6. The fourth-order valence-electron chi connectivity index (χ4n) is 1.03. The first kappa shape index (κ1) is 6.82. The standard InChI is InChI=1S/C7H6O3S/c8-11(9,10)7-2-1-5-3-6(5)4-7/h1-2,4H,3H2,(H,8,9,10). The van der Waals surface area contributed by atoms with E-state index in [1.165, 1.54) is 12.1 Å². The van der Waals surface area contributed by atoms with Crippen LogP contribution in [0.25, 0.3) is 0 Å². The van der Waals surface area contributed by atoms with E-state index in [9.17, 15) is 8.42 Å². The van der Waals surface area contributed by atoms with Crippen molar-refractivity contribution in [1.82, 2.24) is 0 Å². The second kappa shape index (κ2) is 1.84. The largest absolute Gasteiger partial charge is 0.294 e. The molecule has 0 heterocycles. The number of fused-ring (bicyclic) bond motifs is 1. The minimum atomic E-state index is -3.99. The van der Waals surface area contributed by atoms with Crippen molar-refractivity contribution in [2.24, 2.45) is 0 Å². The molecule has 11 heavy (non-hydrogen) atoms. The first-order valence-corrected chi connectivity index (χ1v) is 4.61. The van der Waals surface area contributed by atoms with Crippen LogP contribution in [-0.2, 0) is 16.5 Å². The Labute approximate surface area is 64.4 Å². The van der Waals surface area contributed by atoms with Gasteiger partial charge in [-0.1, -0.05) is 6.07 Å². The zero-order chi connectivity index (χ0) is 8.06. The summed E-state index contributed by atoms with van der Waals surface area (Å²) in [5.41, 5.74) is 2.18. The molecule has 58 valence electrons. The molecule has 0 aromatic heterocycles. The second-order valence-electron chi connectivity index (χ2n) is 2.58. The normalized spacial score (nSPS) is 14.3. The summed E-state index contributed by atoms with van der Waals surface area (Å²) < 4.78 is 29.7. The molecule has 1 aliphatic rings. The Hall–Kier alpha value is -0.870. The molecule has 1 N–H and O–H groups in total. The molecule has 0 aliphatic heterocycles. The fourth-order valence-corrected chi connectivity index (χ4v) is 1.56. The monoisotopic (exact) mass is 170 g/mol. The molecule has 0 bridgehead atoms. The Bertz CT molecular complexity index is 406. The van der Waals surface area contributed by atoms with Crippen LogP contribution in [0.2, 0.25) is 0 Å². The van der Waals surface area contributed by atoms with Gasteiger partial charge in [0.05, 0.1) is 4.90 Å². The molecule has 0 unspecified atom stereocenters. The molecule has 0 spiro atoms. The zero-order valence-corrected chi connectivity index (χ0v) is 6.43. The summed E-state index contributed by atoms with van der Waals surface area (Å²) in [7, 11) is -3.99. The third kappa shape index (κ3) is 1.15. The minimum absolute atomic E-state index is 0.00579. The third-order valence-electron chi connectivity index (χ3n) is 1.73. The molecule has 0 radical (unpaired) electrons. The van der Waals surface area contributed by atoms with Crippen molar-refractivity contribution < 1.29 is 13.0 Å². The van der Waals surface area contributed by atoms with Crippen LogP contribution >= 0.6 is 0 Å². The van der Waals surface area contributed by atoms with Gasteiger partial charge in [-0.15, -0.1) is 0 Å². The Balaban J connectivity index is 2.59. The van der Waals surface area contributed by atoms with Gasteiger partial charge in [0, 0.05) is 0 Å². The van der Waals surface area contributed by atoms with E-state index >= 15 is 0 Å². The maximum atomic E-state index is 10.6. The quantitative estimate of drug-likeness (QED) is 0.645. The molecule has 4 heteroatoms. The van der Waals surface area contributed by atoms with Crippen LogP contribution < -0.4 is 0 Å². The molecule has 1 aromatic carbocycles. The molecular weight excluding hydrogens is 164 g/mol. The van der Waals surface area contributed by atoms with Gasteiger partial charge in [0.15, 0.2) is 0 Å². The van der Waals surface area contributed by atoms with Crippen molar-refractivity contribution >= 4 is 10.1 Å². The maximum Gasteiger partial charge on any atom is 0.294 e. The highest BCUT2D eigenvalue weighted by atomic mass is 32.2. The van der Waals surface area contributed by atoms with Gasteiger partial charge in [-0.3, -0.25) is 4.55 Å². The topological polar surface area (TPSA) is 54.4 Å². The van der Waals surface area contributed by atoms with E-state index < -0.39 is 10.1 Å². The Kier molecular flexibility index (Phi) is 1.14. The number of hydrogen-bond acceptors (Lipinski definition) is 2. The van der Waals surface area contributed by atoms with Crippen molar-refractivity contribution in [3.8, 4) is 0 Å². The Morgan fingerprint density at radius 1 is 1.27 bits per heavy atom. The molecule has 0 amide bonds. The van der Waals surface area contributed by atoms with Gasteiger partial charge in [-0.05, 0) is 29.7 Å². The Morgan fingerprint density at radius 2 is 2.00 bits per heavy atom. The SMILES string of the molecule is O=S(=O)(O)c1ccc2c(c1)C2. The van der Waals surface area contributed by atoms with Gasteiger partial charge in [0.2, 0.25) is 0 Å². The van der Waals surface area contributed by atoms with Gasteiger partial charge in [0.25, 0.3) is 10.1 Å². The highest BCUT2D eigenvalue weighted by molar-refractivity contribution is 7.85.